The standard InChI is InChI=1S/C20H25ClN2O5/c1-20(2,3)28-19(25)23-8-6-22(7-9-23)17(24)5-4-14-12-15(21)18-16(13-14)26-10-11-27-18/h4-5,12-13H,6-11H2,1-3H3/b5-4+. The number of hydrogen-bond acceptors (Lipinski definition) is 5. The second-order valence-electron chi connectivity index (χ2n) is 7.65. The predicted molar refractivity (Wildman–Crippen MR) is 106 cm³/mol. The van der Waals surface area contributed by atoms with E-state index in [4.69, 9.17) is 25.8 Å². The summed E-state index contributed by atoms with van der Waals surface area (Å²) in [6, 6.07) is 3.53. The van der Waals surface area contributed by atoms with Crippen LogP contribution in [-0.2, 0) is 9.53 Å². The van der Waals surface area contributed by atoms with E-state index in [9.17, 15) is 9.59 Å². The van der Waals surface area contributed by atoms with Gasteiger partial charge in [-0.2, -0.15) is 0 Å². The Labute approximate surface area is 169 Å². The summed E-state index contributed by atoms with van der Waals surface area (Å²) in [5, 5.41) is 0.454. The van der Waals surface area contributed by atoms with Crippen molar-refractivity contribution >= 4 is 29.7 Å². The second kappa shape index (κ2) is 8.31. The molecule has 0 aromatic heterocycles. The van der Waals surface area contributed by atoms with Crippen LogP contribution in [0.3, 0.4) is 0 Å². The van der Waals surface area contributed by atoms with Crippen LogP contribution in [0.5, 0.6) is 11.5 Å². The quantitative estimate of drug-likeness (QED) is 0.703. The minimum Gasteiger partial charge on any atom is -0.486 e. The van der Waals surface area contributed by atoms with Gasteiger partial charge in [0.2, 0.25) is 5.91 Å². The number of carbonyl (C=O) groups is 2. The van der Waals surface area contributed by atoms with E-state index in [1.54, 1.807) is 28.0 Å². The van der Waals surface area contributed by atoms with Gasteiger partial charge in [-0.3, -0.25) is 4.79 Å². The first kappa shape index (κ1) is 20.3. The van der Waals surface area contributed by atoms with Crippen molar-refractivity contribution in [1.82, 2.24) is 9.80 Å². The number of hydrogen-bond donors (Lipinski definition) is 0. The number of amides is 2. The van der Waals surface area contributed by atoms with Crippen LogP contribution in [0.25, 0.3) is 6.08 Å². The minimum absolute atomic E-state index is 0.116. The lowest BCUT2D eigenvalue weighted by atomic mass is 10.1. The lowest BCUT2D eigenvalue weighted by molar-refractivity contribution is -0.127. The van der Waals surface area contributed by atoms with Gasteiger partial charge < -0.3 is 24.0 Å². The largest absolute Gasteiger partial charge is 0.486 e. The van der Waals surface area contributed by atoms with E-state index >= 15 is 0 Å². The molecule has 2 amide bonds. The summed E-state index contributed by atoms with van der Waals surface area (Å²) in [6.07, 6.45) is 2.86. The number of fused-ring (bicyclic) bond motifs is 1. The topological polar surface area (TPSA) is 68.3 Å². The maximum Gasteiger partial charge on any atom is 0.410 e. The number of carbonyl (C=O) groups excluding carboxylic acids is 2. The van der Waals surface area contributed by atoms with Gasteiger partial charge in [0.25, 0.3) is 0 Å². The first-order valence-electron chi connectivity index (χ1n) is 9.27. The molecule has 2 heterocycles. The summed E-state index contributed by atoms with van der Waals surface area (Å²) in [5.74, 6) is 1.00. The Morgan fingerprint density at radius 3 is 2.39 bits per heavy atom. The first-order chi connectivity index (χ1) is 13.2. The molecule has 0 atom stereocenters. The number of rotatable bonds is 2. The molecule has 1 aromatic rings. The zero-order chi connectivity index (χ0) is 20.3. The Morgan fingerprint density at radius 2 is 1.71 bits per heavy atom. The van der Waals surface area contributed by atoms with Crippen molar-refractivity contribution in [3.8, 4) is 11.5 Å². The van der Waals surface area contributed by atoms with Crippen LogP contribution in [0.4, 0.5) is 4.79 Å². The van der Waals surface area contributed by atoms with E-state index in [-0.39, 0.29) is 12.0 Å². The summed E-state index contributed by atoms with van der Waals surface area (Å²) in [6.45, 7) is 8.26. The summed E-state index contributed by atoms with van der Waals surface area (Å²) in [4.78, 5) is 27.9. The van der Waals surface area contributed by atoms with E-state index < -0.39 is 5.60 Å². The molecule has 28 heavy (non-hydrogen) atoms. The monoisotopic (exact) mass is 408 g/mol. The van der Waals surface area contributed by atoms with Crippen molar-refractivity contribution in [3.05, 3.63) is 28.8 Å². The van der Waals surface area contributed by atoms with Gasteiger partial charge in [-0.25, -0.2) is 4.79 Å². The van der Waals surface area contributed by atoms with E-state index in [0.29, 0.717) is 55.9 Å². The van der Waals surface area contributed by atoms with Crippen LogP contribution < -0.4 is 9.47 Å². The average Bonchev–Trinajstić information content (AvgIpc) is 2.65. The van der Waals surface area contributed by atoms with Gasteiger partial charge >= 0.3 is 6.09 Å². The third-order valence-corrected chi connectivity index (χ3v) is 4.56. The third-order valence-electron chi connectivity index (χ3n) is 4.28. The van der Waals surface area contributed by atoms with Crippen LogP contribution in [0.2, 0.25) is 5.02 Å². The van der Waals surface area contributed by atoms with Crippen molar-refractivity contribution in [2.75, 3.05) is 39.4 Å². The van der Waals surface area contributed by atoms with Crippen molar-refractivity contribution in [3.63, 3.8) is 0 Å². The van der Waals surface area contributed by atoms with Gasteiger partial charge in [0.15, 0.2) is 11.5 Å². The predicted octanol–water partition coefficient (Wildman–Crippen LogP) is 3.20. The molecule has 0 spiro atoms. The Balaban J connectivity index is 1.56. The van der Waals surface area contributed by atoms with Gasteiger partial charge in [-0.1, -0.05) is 11.6 Å². The molecule has 2 aliphatic heterocycles. The molecule has 0 saturated carbocycles. The first-order valence-corrected chi connectivity index (χ1v) is 9.65. The van der Waals surface area contributed by atoms with Crippen LogP contribution in [0.1, 0.15) is 26.3 Å². The molecule has 0 unspecified atom stereocenters. The second-order valence-corrected chi connectivity index (χ2v) is 8.06. The Bertz CT molecular complexity index is 780. The number of ether oxygens (including phenoxy) is 3. The van der Waals surface area contributed by atoms with Crippen LogP contribution in [-0.4, -0.2) is 66.8 Å². The number of nitrogens with zero attached hydrogens (tertiary/aromatic N) is 2. The normalized spacial score (nSPS) is 17.0. The van der Waals surface area contributed by atoms with Gasteiger partial charge in [0, 0.05) is 32.3 Å². The Kier molecular flexibility index (Phi) is 6.03. The summed E-state index contributed by atoms with van der Waals surface area (Å²) in [5.41, 5.74) is 0.229. The highest BCUT2D eigenvalue weighted by Crippen LogP contribution is 2.38. The van der Waals surface area contributed by atoms with Gasteiger partial charge in [-0.15, -0.1) is 0 Å². The van der Waals surface area contributed by atoms with E-state index in [0.717, 1.165) is 5.56 Å². The number of piperazine rings is 1. The lowest BCUT2D eigenvalue weighted by Gasteiger charge is -2.35. The zero-order valence-electron chi connectivity index (χ0n) is 16.4. The van der Waals surface area contributed by atoms with E-state index in [2.05, 4.69) is 0 Å². The Hall–Kier alpha value is -2.41. The van der Waals surface area contributed by atoms with Gasteiger partial charge in [0.05, 0.1) is 5.02 Å². The lowest BCUT2D eigenvalue weighted by Crippen LogP contribution is -2.51. The number of halogens is 1. The van der Waals surface area contributed by atoms with E-state index in [1.165, 1.54) is 6.08 Å². The third kappa shape index (κ3) is 5.10. The fourth-order valence-electron chi connectivity index (χ4n) is 2.94. The molecule has 1 saturated heterocycles. The van der Waals surface area contributed by atoms with Crippen molar-refractivity contribution in [2.45, 2.75) is 26.4 Å². The van der Waals surface area contributed by atoms with E-state index in [1.807, 2.05) is 20.8 Å². The summed E-state index contributed by atoms with van der Waals surface area (Å²) < 4.78 is 16.4. The molecule has 152 valence electrons. The molecule has 7 nitrogen and oxygen atoms in total. The minimum atomic E-state index is -0.530. The van der Waals surface area contributed by atoms with Crippen molar-refractivity contribution in [1.29, 1.82) is 0 Å². The fraction of sp³-hybridized carbons (Fsp3) is 0.500. The maximum atomic E-state index is 12.5. The van der Waals surface area contributed by atoms with Crippen molar-refractivity contribution < 1.29 is 23.8 Å². The summed E-state index contributed by atoms with van der Waals surface area (Å²) in [7, 11) is 0. The SMILES string of the molecule is CC(C)(C)OC(=O)N1CCN(C(=O)/C=C/c2cc(Cl)c3c(c2)OCCO3)CC1. The smallest absolute Gasteiger partial charge is 0.410 e. The molecular formula is C20H25ClN2O5. The highest BCUT2D eigenvalue weighted by molar-refractivity contribution is 6.32. The molecule has 0 bridgehead atoms. The zero-order valence-corrected chi connectivity index (χ0v) is 17.1. The molecule has 2 aliphatic rings. The fourth-order valence-corrected chi connectivity index (χ4v) is 3.21. The summed E-state index contributed by atoms with van der Waals surface area (Å²) >= 11 is 6.22. The molecule has 1 fully saturated rings. The molecule has 8 heteroatoms. The molecule has 1 aromatic carbocycles. The van der Waals surface area contributed by atoms with Crippen LogP contribution >= 0.6 is 11.6 Å². The Morgan fingerprint density at radius 1 is 1.07 bits per heavy atom. The molecule has 0 radical (unpaired) electrons. The van der Waals surface area contributed by atoms with Crippen molar-refractivity contribution in [2.24, 2.45) is 0 Å². The average molecular weight is 409 g/mol. The number of benzene rings is 1. The highest BCUT2D eigenvalue weighted by atomic mass is 35.5. The van der Waals surface area contributed by atoms with Gasteiger partial charge in [-0.05, 0) is 44.5 Å². The van der Waals surface area contributed by atoms with Crippen LogP contribution in [0.15, 0.2) is 18.2 Å². The molecule has 3 rings (SSSR count). The van der Waals surface area contributed by atoms with Gasteiger partial charge in [0.1, 0.15) is 18.8 Å². The maximum absolute atomic E-state index is 12.5. The highest BCUT2D eigenvalue weighted by Gasteiger charge is 2.27. The molecule has 0 aliphatic carbocycles. The molecular weight excluding hydrogens is 384 g/mol. The molecule has 0 N–H and O–H groups in total. The van der Waals surface area contributed by atoms with Crippen LogP contribution in [0, 0.1) is 0 Å².